The minimum atomic E-state index is -0.639. The van der Waals surface area contributed by atoms with Gasteiger partial charge < -0.3 is 9.84 Å². The number of hydrogen-bond donors (Lipinski definition) is 1. The number of carbonyl (C=O) groups is 2. The van der Waals surface area contributed by atoms with E-state index in [0.717, 1.165) is 22.0 Å². The molecule has 156 valence electrons. The van der Waals surface area contributed by atoms with Crippen molar-refractivity contribution in [1.82, 2.24) is 4.98 Å². The third-order valence-electron chi connectivity index (χ3n) is 4.74. The standard InChI is InChI=1S/C24H20N2O4S/c1-15-6-5-9-20(10-15)26(16(2)27)24-25-19(14-31-24)13-30-23(29)21-11-17-7-3-4-8-18(17)12-22(21)28/h3-12,14,28H,13H2,1-2H3. The van der Waals surface area contributed by atoms with Gasteiger partial charge >= 0.3 is 5.97 Å². The number of ether oxygens (including phenoxy) is 1. The van der Waals surface area contributed by atoms with E-state index < -0.39 is 5.97 Å². The van der Waals surface area contributed by atoms with Crippen LogP contribution in [0.3, 0.4) is 0 Å². The second-order valence-electron chi connectivity index (χ2n) is 7.11. The van der Waals surface area contributed by atoms with Gasteiger partial charge in [0, 0.05) is 12.3 Å². The number of nitrogens with zero attached hydrogens (tertiary/aromatic N) is 2. The van der Waals surface area contributed by atoms with Crippen LogP contribution in [0.25, 0.3) is 10.8 Å². The van der Waals surface area contributed by atoms with Crippen LogP contribution in [0.5, 0.6) is 5.75 Å². The number of thiazole rings is 1. The van der Waals surface area contributed by atoms with Gasteiger partial charge in [-0.3, -0.25) is 9.69 Å². The summed E-state index contributed by atoms with van der Waals surface area (Å²) in [6, 6.07) is 18.2. The number of esters is 1. The van der Waals surface area contributed by atoms with Crippen molar-refractivity contribution < 1.29 is 19.4 Å². The van der Waals surface area contributed by atoms with Gasteiger partial charge in [0.15, 0.2) is 5.13 Å². The first-order valence-corrected chi connectivity index (χ1v) is 10.5. The molecule has 4 rings (SSSR count). The topological polar surface area (TPSA) is 79.7 Å². The van der Waals surface area contributed by atoms with Crippen LogP contribution in [0.15, 0.2) is 66.0 Å². The maximum Gasteiger partial charge on any atom is 0.342 e. The average Bonchev–Trinajstić information content (AvgIpc) is 3.19. The molecule has 0 bridgehead atoms. The maximum absolute atomic E-state index is 12.5. The Balaban J connectivity index is 1.51. The molecule has 0 saturated heterocycles. The highest BCUT2D eigenvalue weighted by Crippen LogP contribution is 2.30. The Morgan fingerprint density at radius 2 is 1.81 bits per heavy atom. The summed E-state index contributed by atoms with van der Waals surface area (Å²) in [5.41, 5.74) is 2.38. The molecule has 0 atom stereocenters. The fourth-order valence-electron chi connectivity index (χ4n) is 3.27. The predicted octanol–water partition coefficient (Wildman–Crippen LogP) is 5.35. The monoisotopic (exact) mass is 432 g/mol. The van der Waals surface area contributed by atoms with E-state index in [1.165, 1.54) is 23.2 Å². The highest BCUT2D eigenvalue weighted by Gasteiger charge is 2.19. The zero-order chi connectivity index (χ0) is 22.0. The van der Waals surface area contributed by atoms with Gasteiger partial charge in [-0.15, -0.1) is 11.3 Å². The molecule has 0 aliphatic carbocycles. The van der Waals surface area contributed by atoms with Gasteiger partial charge in [-0.05, 0) is 47.5 Å². The number of fused-ring (bicyclic) bond motifs is 1. The molecule has 0 saturated carbocycles. The summed E-state index contributed by atoms with van der Waals surface area (Å²) < 4.78 is 5.36. The molecule has 1 aromatic heterocycles. The molecule has 1 heterocycles. The Hall–Kier alpha value is -3.71. The molecule has 7 heteroatoms. The Morgan fingerprint density at radius 1 is 1.06 bits per heavy atom. The number of amides is 1. The SMILES string of the molecule is CC(=O)N(c1cccc(C)c1)c1nc(COC(=O)c2cc3ccccc3cc2O)cs1. The van der Waals surface area contributed by atoms with Crippen LogP contribution in [0, 0.1) is 6.92 Å². The molecule has 0 unspecified atom stereocenters. The van der Waals surface area contributed by atoms with E-state index >= 15 is 0 Å². The van der Waals surface area contributed by atoms with Gasteiger partial charge in [0.2, 0.25) is 5.91 Å². The zero-order valence-corrected chi connectivity index (χ0v) is 17.8. The summed E-state index contributed by atoms with van der Waals surface area (Å²) in [6.45, 7) is 3.36. The minimum Gasteiger partial charge on any atom is -0.507 e. The third kappa shape index (κ3) is 4.41. The van der Waals surface area contributed by atoms with Gasteiger partial charge in [0.25, 0.3) is 0 Å². The van der Waals surface area contributed by atoms with Crippen molar-refractivity contribution in [3.05, 3.63) is 82.9 Å². The molecular formula is C24H20N2O4S. The summed E-state index contributed by atoms with van der Waals surface area (Å²) in [5.74, 6) is -0.936. The van der Waals surface area contributed by atoms with Crippen molar-refractivity contribution in [1.29, 1.82) is 0 Å². The van der Waals surface area contributed by atoms with E-state index in [0.29, 0.717) is 10.8 Å². The quantitative estimate of drug-likeness (QED) is 0.430. The summed E-state index contributed by atoms with van der Waals surface area (Å²) in [4.78, 5) is 30.7. The lowest BCUT2D eigenvalue weighted by Crippen LogP contribution is -2.22. The number of aromatic hydroxyl groups is 1. The lowest BCUT2D eigenvalue weighted by atomic mass is 10.1. The molecule has 31 heavy (non-hydrogen) atoms. The second-order valence-corrected chi connectivity index (χ2v) is 7.94. The summed E-state index contributed by atoms with van der Waals surface area (Å²) in [7, 11) is 0. The van der Waals surface area contributed by atoms with Crippen LogP contribution in [-0.2, 0) is 16.1 Å². The Bertz CT molecular complexity index is 1280. The van der Waals surface area contributed by atoms with Gasteiger partial charge in [-0.1, -0.05) is 36.4 Å². The molecule has 0 aliphatic rings. The molecule has 6 nitrogen and oxygen atoms in total. The molecule has 0 radical (unpaired) electrons. The molecule has 3 aromatic carbocycles. The maximum atomic E-state index is 12.5. The molecule has 4 aromatic rings. The first-order valence-electron chi connectivity index (χ1n) is 9.63. The van der Waals surface area contributed by atoms with Crippen molar-refractivity contribution in [2.45, 2.75) is 20.5 Å². The van der Waals surface area contributed by atoms with Crippen LogP contribution in [0.4, 0.5) is 10.8 Å². The van der Waals surface area contributed by atoms with E-state index in [9.17, 15) is 14.7 Å². The number of anilines is 2. The van der Waals surface area contributed by atoms with Crippen molar-refractivity contribution in [3.63, 3.8) is 0 Å². The van der Waals surface area contributed by atoms with Crippen molar-refractivity contribution in [2.24, 2.45) is 0 Å². The molecule has 0 aliphatic heterocycles. The lowest BCUT2D eigenvalue weighted by Gasteiger charge is -2.18. The van der Waals surface area contributed by atoms with Crippen molar-refractivity contribution in [3.8, 4) is 5.75 Å². The van der Waals surface area contributed by atoms with Gasteiger partial charge in [0.1, 0.15) is 17.9 Å². The predicted molar refractivity (Wildman–Crippen MR) is 121 cm³/mol. The number of phenolic OH excluding ortho intramolecular Hbond substituents is 1. The van der Waals surface area contributed by atoms with Gasteiger partial charge in [0.05, 0.1) is 11.4 Å². The number of hydrogen-bond acceptors (Lipinski definition) is 6. The van der Waals surface area contributed by atoms with Crippen molar-refractivity contribution in [2.75, 3.05) is 4.90 Å². The number of phenols is 1. The number of carbonyl (C=O) groups excluding carboxylic acids is 2. The van der Waals surface area contributed by atoms with E-state index in [4.69, 9.17) is 4.74 Å². The normalized spacial score (nSPS) is 10.8. The van der Waals surface area contributed by atoms with Crippen LogP contribution in [0.1, 0.15) is 28.5 Å². The highest BCUT2D eigenvalue weighted by molar-refractivity contribution is 7.14. The van der Waals surface area contributed by atoms with Crippen LogP contribution in [0.2, 0.25) is 0 Å². The molecular weight excluding hydrogens is 412 g/mol. The van der Waals surface area contributed by atoms with Crippen molar-refractivity contribution >= 4 is 44.8 Å². The minimum absolute atomic E-state index is 0.0683. The molecule has 0 fully saturated rings. The highest BCUT2D eigenvalue weighted by atomic mass is 32.1. The fraction of sp³-hybridized carbons (Fsp3) is 0.125. The molecule has 1 amide bonds. The summed E-state index contributed by atoms with van der Waals surface area (Å²) in [6.07, 6.45) is 0. The average molecular weight is 433 g/mol. The number of rotatable bonds is 5. The lowest BCUT2D eigenvalue weighted by molar-refractivity contribution is -0.115. The third-order valence-corrected chi connectivity index (χ3v) is 5.62. The van der Waals surface area contributed by atoms with Crippen LogP contribution in [-0.4, -0.2) is 22.0 Å². The molecule has 1 N–H and O–H groups in total. The summed E-state index contributed by atoms with van der Waals surface area (Å²) in [5, 5.41) is 14.1. The Kier molecular flexibility index (Phi) is 5.68. The Labute approximate surface area is 183 Å². The molecule has 0 spiro atoms. The first-order chi connectivity index (χ1) is 14.9. The van der Waals surface area contributed by atoms with E-state index in [2.05, 4.69) is 4.98 Å². The number of aryl methyl sites for hydroxylation is 1. The van der Waals surface area contributed by atoms with Gasteiger partial charge in [-0.2, -0.15) is 0 Å². The van der Waals surface area contributed by atoms with E-state index in [-0.39, 0.29) is 23.8 Å². The summed E-state index contributed by atoms with van der Waals surface area (Å²) >= 11 is 1.29. The zero-order valence-electron chi connectivity index (χ0n) is 17.0. The van der Waals surface area contributed by atoms with Crippen LogP contribution >= 0.6 is 11.3 Å². The number of aromatic nitrogens is 1. The smallest absolute Gasteiger partial charge is 0.342 e. The van der Waals surface area contributed by atoms with Gasteiger partial charge in [-0.25, -0.2) is 9.78 Å². The number of benzene rings is 3. The largest absolute Gasteiger partial charge is 0.507 e. The van der Waals surface area contributed by atoms with E-state index in [1.54, 1.807) is 17.5 Å². The Morgan fingerprint density at radius 3 is 2.52 bits per heavy atom. The van der Waals surface area contributed by atoms with Crippen LogP contribution < -0.4 is 4.90 Å². The second kappa shape index (κ2) is 8.57. The first kappa shape index (κ1) is 20.6. The van der Waals surface area contributed by atoms with E-state index in [1.807, 2.05) is 55.5 Å². The fourth-order valence-corrected chi connectivity index (χ4v) is 4.14.